The van der Waals surface area contributed by atoms with Gasteiger partial charge in [-0.25, -0.2) is 0 Å². The number of carbonyl (C=O) groups excluding carboxylic acids is 2. The molecule has 3 N–H and O–H groups in total. The summed E-state index contributed by atoms with van der Waals surface area (Å²) in [5.41, 5.74) is 11.1. The highest BCUT2D eigenvalue weighted by Crippen LogP contribution is 2.74. The lowest BCUT2D eigenvalue weighted by atomic mass is 9.34. The predicted molar refractivity (Wildman–Crippen MR) is 169 cm³/mol. The lowest BCUT2D eigenvalue weighted by Crippen LogP contribution is -2.63. The second kappa shape index (κ2) is 10.1. The van der Waals surface area contributed by atoms with Crippen molar-refractivity contribution in [2.45, 2.75) is 119 Å². The fourth-order valence-electron chi connectivity index (χ4n) is 11.9. The average Bonchev–Trinajstić information content (AvgIpc) is 3.24. The Morgan fingerprint density at radius 2 is 1.76 bits per heavy atom. The number of halogens is 1. The van der Waals surface area contributed by atoms with Gasteiger partial charge in [0.25, 0.3) is 0 Å². The highest BCUT2D eigenvalue weighted by atomic mass is 35.5. The SMILES string of the molecule is CCOC(=O)CC(=O)[C@@H]1CC(C)(C)CC2C3=CCC4[C@@]5(C)Cc6c(N)n[nH]c6C(C)(C)C5CC[C@@]4(C)[C@]3(C)CC[C@@H]21.Cl. The van der Waals surface area contributed by atoms with Gasteiger partial charge >= 0.3 is 5.97 Å². The van der Waals surface area contributed by atoms with Crippen molar-refractivity contribution in [3.63, 3.8) is 0 Å². The number of nitrogens with one attached hydrogen (secondary N) is 1. The van der Waals surface area contributed by atoms with Crippen LogP contribution < -0.4 is 5.73 Å². The van der Waals surface area contributed by atoms with Crippen molar-refractivity contribution in [1.82, 2.24) is 10.2 Å². The molecule has 1 aromatic heterocycles. The number of rotatable bonds is 4. The van der Waals surface area contributed by atoms with E-state index in [-0.39, 0.29) is 63.6 Å². The Morgan fingerprint density at radius 1 is 1.05 bits per heavy atom. The summed E-state index contributed by atoms with van der Waals surface area (Å²) in [7, 11) is 0. The van der Waals surface area contributed by atoms with Gasteiger partial charge < -0.3 is 10.5 Å². The third kappa shape index (κ3) is 4.27. The van der Waals surface area contributed by atoms with E-state index in [4.69, 9.17) is 10.5 Å². The molecule has 234 valence electrons. The number of ether oxygens (including phenoxy) is 1. The van der Waals surface area contributed by atoms with Crippen molar-refractivity contribution in [3.05, 3.63) is 22.9 Å². The van der Waals surface area contributed by atoms with Crippen molar-refractivity contribution < 1.29 is 14.3 Å². The first-order valence-electron chi connectivity index (χ1n) is 16.3. The summed E-state index contributed by atoms with van der Waals surface area (Å²) in [6.45, 7) is 19.4. The van der Waals surface area contributed by atoms with Gasteiger partial charge in [0.15, 0.2) is 0 Å². The molecule has 0 radical (unpaired) electrons. The number of esters is 1. The number of aromatic amines is 1. The molecule has 0 amide bonds. The van der Waals surface area contributed by atoms with E-state index in [0.29, 0.717) is 36.1 Å². The smallest absolute Gasteiger partial charge is 0.313 e. The number of hydrogen-bond donors (Lipinski definition) is 2. The fraction of sp³-hybridized carbons (Fsp3) is 0.800. The van der Waals surface area contributed by atoms with Gasteiger partial charge in [0.2, 0.25) is 0 Å². The third-order valence-corrected chi connectivity index (χ3v) is 13.8. The highest BCUT2D eigenvalue weighted by Gasteiger charge is 2.67. The molecule has 8 atom stereocenters. The number of anilines is 1. The zero-order chi connectivity index (χ0) is 29.8. The number of ketones is 1. The van der Waals surface area contributed by atoms with Crippen LogP contribution in [0.25, 0.3) is 0 Å². The summed E-state index contributed by atoms with van der Waals surface area (Å²) in [5, 5.41) is 7.80. The van der Waals surface area contributed by atoms with Crippen LogP contribution in [0, 0.1) is 51.2 Å². The van der Waals surface area contributed by atoms with E-state index >= 15 is 0 Å². The Morgan fingerprint density at radius 3 is 2.45 bits per heavy atom. The average molecular weight is 600 g/mol. The maximum atomic E-state index is 13.6. The second-order valence-corrected chi connectivity index (χ2v) is 16.6. The van der Waals surface area contributed by atoms with E-state index in [1.165, 1.54) is 24.1 Å². The summed E-state index contributed by atoms with van der Waals surface area (Å²) in [4.78, 5) is 25.9. The Bertz CT molecular complexity index is 1300. The van der Waals surface area contributed by atoms with E-state index in [0.717, 1.165) is 38.5 Å². The van der Waals surface area contributed by atoms with Crippen molar-refractivity contribution in [1.29, 1.82) is 0 Å². The Labute approximate surface area is 259 Å². The first kappa shape index (κ1) is 31.6. The van der Waals surface area contributed by atoms with Crippen LogP contribution in [0.15, 0.2) is 11.6 Å². The molecule has 5 aliphatic rings. The molecule has 3 unspecified atom stereocenters. The van der Waals surface area contributed by atoms with E-state index in [2.05, 4.69) is 64.7 Å². The van der Waals surface area contributed by atoms with Crippen molar-refractivity contribution in [3.8, 4) is 0 Å². The van der Waals surface area contributed by atoms with Gasteiger partial charge in [-0.15, -0.1) is 12.4 Å². The number of nitrogens with two attached hydrogens (primary N) is 1. The van der Waals surface area contributed by atoms with Gasteiger partial charge in [0.1, 0.15) is 18.0 Å². The number of Topliss-reactive ketones (excluding diaryl/α,β-unsaturated/α-hetero) is 1. The summed E-state index contributed by atoms with van der Waals surface area (Å²) in [5.74, 6) is 2.25. The zero-order valence-electron chi connectivity index (χ0n) is 27.2. The molecule has 6 rings (SSSR count). The van der Waals surface area contributed by atoms with Crippen molar-refractivity contribution in [2.24, 2.45) is 51.2 Å². The van der Waals surface area contributed by atoms with Crippen LogP contribution in [0.4, 0.5) is 5.82 Å². The summed E-state index contributed by atoms with van der Waals surface area (Å²) < 4.78 is 5.17. The molecule has 1 aromatic rings. The minimum atomic E-state index is -0.368. The molecule has 0 saturated heterocycles. The number of carbonyl (C=O) groups is 2. The monoisotopic (exact) mass is 599 g/mol. The molecular formula is C35H54ClN3O3. The van der Waals surface area contributed by atoms with Gasteiger partial charge in [-0.2, -0.15) is 5.10 Å². The normalized spacial score (nSPS) is 41.0. The summed E-state index contributed by atoms with van der Waals surface area (Å²) >= 11 is 0. The molecule has 1 heterocycles. The molecule has 6 nitrogen and oxygen atoms in total. The lowest BCUT2D eigenvalue weighted by molar-refractivity contribution is -0.158. The number of nitrogens with zero attached hydrogens (tertiary/aromatic N) is 1. The topological polar surface area (TPSA) is 98.1 Å². The molecule has 3 saturated carbocycles. The largest absolute Gasteiger partial charge is 0.466 e. The maximum absolute atomic E-state index is 13.6. The number of hydrogen-bond acceptors (Lipinski definition) is 5. The van der Waals surface area contributed by atoms with Crippen molar-refractivity contribution >= 4 is 30.0 Å². The van der Waals surface area contributed by atoms with Crippen LogP contribution in [-0.4, -0.2) is 28.6 Å². The number of aromatic nitrogens is 2. The highest BCUT2D eigenvalue weighted by molar-refractivity contribution is 5.97. The van der Waals surface area contributed by atoms with E-state index in [9.17, 15) is 9.59 Å². The number of allylic oxidation sites excluding steroid dienone is 2. The molecule has 7 heteroatoms. The van der Waals surface area contributed by atoms with Crippen LogP contribution in [0.1, 0.15) is 118 Å². The molecule has 0 bridgehead atoms. The number of H-pyrrole nitrogens is 1. The van der Waals surface area contributed by atoms with E-state index < -0.39 is 0 Å². The van der Waals surface area contributed by atoms with Crippen LogP contribution in [-0.2, 0) is 26.2 Å². The summed E-state index contributed by atoms with van der Waals surface area (Å²) in [6.07, 6.45) is 11.3. The number of nitrogen functional groups attached to an aromatic ring is 1. The molecule has 0 spiro atoms. The second-order valence-electron chi connectivity index (χ2n) is 16.6. The first-order chi connectivity index (χ1) is 19.1. The fourth-order valence-corrected chi connectivity index (χ4v) is 11.9. The summed E-state index contributed by atoms with van der Waals surface area (Å²) in [6, 6.07) is 0. The van der Waals surface area contributed by atoms with Crippen LogP contribution in [0.5, 0.6) is 0 Å². The third-order valence-electron chi connectivity index (χ3n) is 13.8. The van der Waals surface area contributed by atoms with Gasteiger partial charge in [-0.05, 0) is 104 Å². The predicted octanol–water partition coefficient (Wildman–Crippen LogP) is 7.61. The van der Waals surface area contributed by atoms with Gasteiger partial charge in [0.05, 0.1) is 6.61 Å². The minimum Gasteiger partial charge on any atom is -0.466 e. The van der Waals surface area contributed by atoms with E-state index in [1.807, 2.05) is 0 Å². The Kier molecular flexibility index (Phi) is 7.60. The maximum Gasteiger partial charge on any atom is 0.313 e. The van der Waals surface area contributed by atoms with Crippen LogP contribution in [0.2, 0.25) is 0 Å². The quantitative estimate of drug-likeness (QED) is 0.211. The zero-order valence-corrected chi connectivity index (χ0v) is 28.0. The van der Waals surface area contributed by atoms with Gasteiger partial charge in [-0.3, -0.25) is 14.7 Å². The standard InChI is InChI=1S/C35H53N3O3.ClH/c1-9-41-28(40)16-25(39)22-18-31(2,3)17-21-20(22)12-14-34(7)24(21)10-11-27-33(6)19-23-29(37-38-30(23)36)32(4,5)26(33)13-15-35(27,34)8;/h10,20-22,26-27H,9,11-19H2,1-8H3,(H3,36,37,38);1H/t20-,21?,22+,26?,27?,33-,34+,35+;/m0./s1. The molecule has 5 aliphatic carbocycles. The molecule has 0 aromatic carbocycles. The van der Waals surface area contributed by atoms with Gasteiger partial charge in [0, 0.05) is 22.6 Å². The Balaban J connectivity index is 0.00000353. The van der Waals surface area contributed by atoms with Crippen LogP contribution in [0.3, 0.4) is 0 Å². The first-order valence-corrected chi connectivity index (χ1v) is 16.3. The van der Waals surface area contributed by atoms with Crippen molar-refractivity contribution in [2.75, 3.05) is 12.3 Å². The van der Waals surface area contributed by atoms with E-state index in [1.54, 1.807) is 12.5 Å². The van der Waals surface area contributed by atoms with Gasteiger partial charge in [-0.1, -0.05) is 60.1 Å². The minimum absolute atomic E-state index is 0. The number of fused-ring (bicyclic) bond motifs is 8. The Hall–Kier alpha value is -1.82. The van der Waals surface area contributed by atoms with Crippen LogP contribution >= 0.6 is 12.4 Å². The molecule has 42 heavy (non-hydrogen) atoms. The molecule has 0 aliphatic heterocycles. The lowest BCUT2D eigenvalue weighted by Gasteiger charge is -2.70. The molecule has 3 fully saturated rings. The molecular weight excluding hydrogens is 546 g/mol.